The van der Waals surface area contributed by atoms with Crippen molar-refractivity contribution in [1.82, 2.24) is 19.9 Å². The molecule has 0 bridgehead atoms. The van der Waals surface area contributed by atoms with Gasteiger partial charge in [0.25, 0.3) is 0 Å². The minimum Gasteiger partial charge on any atom is -0.435 e. The number of aromatic amines is 1. The maximum Gasteiger partial charge on any atom is 0.248 e. The van der Waals surface area contributed by atoms with Gasteiger partial charge >= 0.3 is 0 Å². The average Bonchev–Trinajstić information content (AvgIpc) is 2.90. The molecular weight excluding hydrogens is 244 g/mol. The zero-order valence-corrected chi connectivity index (χ0v) is 9.66. The Morgan fingerprint density at radius 2 is 2.16 bits per heavy atom. The Morgan fingerprint density at radius 3 is 2.95 bits per heavy atom. The summed E-state index contributed by atoms with van der Waals surface area (Å²) < 4.78 is 5.62. The normalized spacial score (nSPS) is 10.3. The van der Waals surface area contributed by atoms with Crippen LogP contribution >= 0.6 is 0 Å². The fraction of sp³-hybridized carbons (Fsp3) is 0. The number of nitriles is 1. The summed E-state index contributed by atoms with van der Waals surface area (Å²) in [4.78, 5) is 14.9. The Labute approximate surface area is 107 Å². The molecule has 3 aromatic rings. The number of anilines is 1. The van der Waals surface area contributed by atoms with Gasteiger partial charge in [-0.1, -0.05) is 0 Å². The molecule has 0 aliphatic rings. The van der Waals surface area contributed by atoms with E-state index in [0.29, 0.717) is 34.0 Å². The van der Waals surface area contributed by atoms with E-state index in [-0.39, 0.29) is 0 Å². The number of H-pyrrole nitrogens is 1. The van der Waals surface area contributed by atoms with Gasteiger partial charge in [-0.15, -0.1) is 0 Å². The smallest absolute Gasteiger partial charge is 0.248 e. The van der Waals surface area contributed by atoms with Crippen LogP contribution in [0.15, 0.2) is 30.9 Å². The molecule has 7 nitrogen and oxygen atoms in total. The number of hydrogen-bond donors (Lipinski definition) is 2. The molecule has 0 amide bonds. The maximum atomic E-state index is 8.78. The monoisotopic (exact) mass is 252 g/mol. The van der Waals surface area contributed by atoms with Gasteiger partial charge in [0.15, 0.2) is 11.4 Å². The fourth-order valence-corrected chi connectivity index (χ4v) is 1.64. The molecule has 0 spiro atoms. The number of nitrogens with zero attached hydrogens (tertiary/aromatic N) is 4. The molecule has 2 aromatic heterocycles. The highest BCUT2D eigenvalue weighted by atomic mass is 16.5. The van der Waals surface area contributed by atoms with Gasteiger partial charge < -0.3 is 15.5 Å². The highest BCUT2D eigenvalue weighted by Crippen LogP contribution is 2.29. The first-order chi connectivity index (χ1) is 9.28. The first kappa shape index (κ1) is 11.0. The topological polar surface area (TPSA) is 113 Å². The second-order valence-corrected chi connectivity index (χ2v) is 3.75. The van der Waals surface area contributed by atoms with E-state index in [1.165, 1.54) is 12.7 Å². The SMILES string of the molecule is N#Cc1ccc(Oc2ncnc3nc[nH]c23)c(N)c1. The van der Waals surface area contributed by atoms with Crippen molar-refractivity contribution in [2.24, 2.45) is 0 Å². The molecule has 19 heavy (non-hydrogen) atoms. The van der Waals surface area contributed by atoms with Crippen molar-refractivity contribution in [2.45, 2.75) is 0 Å². The van der Waals surface area contributed by atoms with Gasteiger partial charge in [-0.05, 0) is 18.2 Å². The summed E-state index contributed by atoms with van der Waals surface area (Å²) in [6, 6.07) is 6.79. The highest BCUT2D eigenvalue weighted by molar-refractivity contribution is 5.75. The molecular formula is C12H8N6O. The van der Waals surface area contributed by atoms with Crippen LogP contribution in [-0.4, -0.2) is 19.9 Å². The van der Waals surface area contributed by atoms with Crippen LogP contribution in [0.4, 0.5) is 5.69 Å². The van der Waals surface area contributed by atoms with E-state index in [1.54, 1.807) is 18.2 Å². The van der Waals surface area contributed by atoms with E-state index < -0.39 is 0 Å². The summed E-state index contributed by atoms with van der Waals surface area (Å²) in [6.07, 6.45) is 2.87. The molecule has 0 aliphatic heterocycles. The van der Waals surface area contributed by atoms with Crippen LogP contribution in [0.3, 0.4) is 0 Å². The summed E-state index contributed by atoms with van der Waals surface area (Å²) >= 11 is 0. The third kappa shape index (κ3) is 1.91. The Kier molecular flexibility index (Phi) is 2.47. The highest BCUT2D eigenvalue weighted by Gasteiger charge is 2.10. The summed E-state index contributed by atoms with van der Waals surface area (Å²) in [5.74, 6) is 0.757. The standard InChI is InChI=1S/C12H8N6O/c13-4-7-1-2-9(8(14)3-7)19-12-10-11(16-5-15-10)17-6-18-12/h1-3,5-6H,14H2,(H,15,16,17,18). The van der Waals surface area contributed by atoms with Gasteiger partial charge in [-0.25, -0.2) is 9.97 Å². The molecule has 3 N–H and O–H groups in total. The number of nitrogens with two attached hydrogens (primary N) is 1. The Hall–Kier alpha value is -3.14. The van der Waals surface area contributed by atoms with Crippen LogP contribution in [-0.2, 0) is 0 Å². The Balaban J connectivity index is 2.02. The molecule has 2 heterocycles. The van der Waals surface area contributed by atoms with E-state index in [4.69, 9.17) is 15.7 Å². The predicted octanol–water partition coefficient (Wildman–Crippen LogP) is 1.60. The molecule has 0 saturated carbocycles. The third-order valence-corrected chi connectivity index (χ3v) is 2.53. The zero-order chi connectivity index (χ0) is 13.2. The van der Waals surface area contributed by atoms with Gasteiger partial charge in [0.05, 0.1) is 23.6 Å². The lowest BCUT2D eigenvalue weighted by Crippen LogP contribution is -1.95. The molecule has 1 aromatic carbocycles. The molecule has 0 fully saturated rings. The van der Waals surface area contributed by atoms with Crippen LogP contribution in [0.25, 0.3) is 11.2 Å². The van der Waals surface area contributed by atoms with Crippen molar-refractivity contribution in [1.29, 1.82) is 5.26 Å². The molecule has 0 radical (unpaired) electrons. The number of fused-ring (bicyclic) bond motifs is 1. The second kappa shape index (κ2) is 4.27. The first-order valence-electron chi connectivity index (χ1n) is 5.39. The lowest BCUT2D eigenvalue weighted by molar-refractivity contribution is 0.469. The van der Waals surface area contributed by atoms with Crippen molar-refractivity contribution in [3.8, 4) is 17.7 Å². The number of rotatable bonds is 2. The van der Waals surface area contributed by atoms with Crippen LogP contribution in [0.5, 0.6) is 11.6 Å². The lowest BCUT2D eigenvalue weighted by atomic mass is 10.2. The molecule has 0 aliphatic carbocycles. The van der Waals surface area contributed by atoms with E-state index >= 15 is 0 Å². The van der Waals surface area contributed by atoms with Crippen LogP contribution in [0.1, 0.15) is 5.56 Å². The molecule has 92 valence electrons. The van der Waals surface area contributed by atoms with Crippen molar-refractivity contribution in [3.05, 3.63) is 36.4 Å². The van der Waals surface area contributed by atoms with Crippen LogP contribution in [0, 0.1) is 11.3 Å². The van der Waals surface area contributed by atoms with E-state index in [2.05, 4.69) is 19.9 Å². The number of hydrogen-bond acceptors (Lipinski definition) is 6. The maximum absolute atomic E-state index is 8.78. The molecule has 0 unspecified atom stereocenters. The number of nitrogen functional groups attached to an aromatic ring is 1. The molecule has 3 rings (SSSR count). The number of nitrogens with one attached hydrogen (secondary N) is 1. The molecule has 0 atom stereocenters. The number of ether oxygens (including phenoxy) is 1. The summed E-state index contributed by atoms with van der Waals surface area (Å²) in [5, 5.41) is 8.78. The quantitative estimate of drug-likeness (QED) is 0.669. The largest absolute Gasteiger partial charge is 0.435 e. The average molecular weight is 252 g/mol. The van der Waals surface area contributed by atoms with Crippen LogP contribution in [0.2, 0.25) is 0 Å². The van der Waals surface area contributed by atoms with Gasteiger partial charge in [-0.2, -0.15) is 10.2 Å². The Morgan fingerprint density at radius 1 is 1.26 bits per heavy atom. The molecule has 7 heteroatoms. The summed E-state index contributed by atoms with van der Waals surface area (Å²) in [5.41, 5.74) is 7.76. The number of aromatic nitrogens is 4. The van der Waals surface area contributed by atoms with Crippen molar-refractivity contribution < 1.29 is 4.74 Å². The number of benzene rings is 1. The van der Waals surface area contributed by atoms with Gasteiger partial charge in [-0.3, -0.25) is 0 Å². The molecule has 0 saturated heterocycles. The lowest BCUT2D eigenvalue weighted by Gasteiger charge is -2.07. The minimum atomic E-state index is 0.332. The van der Waals surface area contributed by atoms with Crippen molar-refractivity contribution >= 4 is 16.9 Å². The number of imidazole rings is 1. The second-order valence-electron chi connectivity index (χ2n) is 3.75. The summed E-state index contributed by atoms with van der Waals surface area (Å²) in [7, 11) is 0. The fourth-order valence-electron chi connectivity index (χ4n) is 1.64. The van der Waals surface area contributed by atoms with Gasteiger partial charge in [0.1, 0.15) is 11.8 Å². The van der Waals surface area contributed by atoms with Crippen molar-refractivity contribution in [3.63, 3.8) is 0 Å². The zero-order valence-electron chi connectivity index (χ0n) is 9.66. The van der Waals surface area contributed by atoms with Gasteiger partial charge in [0, 0.05) is 0 Å². The third-order valence-electron chi connectivity index (χ3n) is 2.53. The van der Waals surface area contributed by atoms with Gasteiger partial charge in [0.2, 0.25) is 5.88 Å². The minimum absolute atomic E-state index is 0.332. The predicted molar refractivity (Wildman–Crippen MR) is 67.3 cm³/mol. The van der Waals surface area contributed by atoms with Crippen molar-refractivity contribution in [2.75, 3.05) is 5.73 Å². The van der Waals surface area contributed by atoms with E-state index in [9.17, 15) is 0 Å². The van der Waals surface area contributed by atoms with Crippen LogP contribution < -0.4 is 10.5 Å². The summed E-state index contributed by atoms with van der Waals surface area (Å²) in [6.45, 7) is 0. The van der Waals surface area contributed by atoms with E-state index in [1.807, 2.05) is 6.07 Å². The first-order valence-corrected chi connectivity index (χ1v) is 5.39. The van der Waals surface area contributed by atoms with E-state index in [0.717, 1.165) is 0 Å². The Bertz CT molecular complexity index is 788.